The number of benzene rings is 1. The first-order valence-electron chi connectivity index (χ1n) is 10.3. The van der Waals surface area contributed by atoms with Crippen molar-refractivity contribution >= 4 is 11.3 Å². The molecule has 2 fully saturated rings. The molecule has 1 aromatic carbocycles. The third-order valence-electron chi connectivity index (χ3n) is 5.73. The van der Waals surface area contributed by atoms with Crippen molar-refractivity contribution in [3.05, 3.63) is 52.0 Å². The van der Waals surface area contributed by atoms with Gasteiger partial charge < -0.3 is 9.64 Å². The van der Waals surface area contributed by atoms with Gasteiger partial charge in [-0.25, -0.2) is 4.98 Å². The summed E-state index contributed by atoms with van der Waals surface area (Å²) in [5.74, 6) is 0.813. The number of nitrogens with zero attached hydrogens (tertiary/aromatic N) is 3. The molecule has 27 heavy (non-hydrogen) atoms. The SMILES string of the molecule is CN(Cc1ccccc1)CC1CCN(Cc2csc(C3CCCO3)n2)CC1. The number of likely N-dealkylation sites (tertiary alicyclic amines) is 1. The molecule has 2 aliphatic heterocycles. The van der Waals surface area contributed by atoms with E-state index in [1.165, 1.54) is 55.2 Å². The van der Waals surface area contributed by atoms with Gasteiger partial charge in [0.1, 0.15) is 11.1 Å². The standard InChI is InChI=1S/C22H31N3OS/c1-24(14-18-6-3-2-4-7-18)15-19-9-11-25(12-10-19)16-20-17-27-22(23-20)21-8-5-13-26-21/h2-4,6-7,17,19,21H,5,8-16H2,1H3. The topological polar surface area (TPSA) is 28.6 Å². The minimum atomic E-state index is 0.259. The van der Waals surface area contributed by atoms with E-state index in [0.29, 0.717) is 0 Å². The second-order valence-electron chi connectivity index (χ2n) is 8.08. The van der Waals surface area contributed by atoms with E-state index in [1.54, 1.807) is 11.3 Å². The Balaban J connectivity index is 1.20. The summed E-state index contributed by atoms with van der Waals surface area (Å²) >= 11 is 1.78. The number of hydrogen-bond donors (Lipinski definition) is 0. The quantitative estimate of drug-likeness (QED) is 0.709. The number of ether oxygens (including phenoxy) is 1. The van der Waals surface area contributed by atoms with Crippen LogP contribution in [0.1, 0.15) is 48.1 Å². The Kier molecular flexibility index (Phi) is 6.56. The average molecular weight is 386 g/mol. The molecule has 0 saturated carbocycles. The first kappa shape index (κ1) is 19.1. The second kappa shape index (κ2) is 9.28. The van der Waals surface area contributed by atoms with E-state index in [1.807, 2.05) is 0 Å². The number of hydrogen-bond acceptors (Lipinski definition) is 5. The maximum absolute atomic E-state index is 5.77. The summed E-state index contributed by atoms with van der Waals surface area (Å²) in [5, 5.41) is 3.41. The fraction of sp³-hybridized carbons (Fsp3) is 0.591. The molecular weight excluding hydrogens is 354 g/mol. The van der Waals surface area contributed by atoms with Gasteiger partial charge in [0.25, 0.3) is 0 Å². The van der Waals surface area contributed by atoms with Crippen LogP contribution in [0.2, 0.25) is 0 Å². The lowest BCUT2D eigenvalue weighted by Gasteiger charge is -2.33. The van der Waals surface area contributed by atoms with Crippen LogP contribution in [-0.2, 0) is 17.8 Å². The van der Waals surface area contributed by atoms with Gasteiger partial charge in [0.15, 0.2) is 0 Å². The van der Waals surface area contributed by atoms with Crippen LogP contribution in [0.15, 0.2) is 35.7 Å². The van der Waals surface area contributed by atoms with Crippen LogP contribution in [0, 0.1) is 5.92 Å². The van der Waals surface area contributed by atoms with Crippen molar-refractivity contribution in [2.75, 3.05) is 33.3 Å². The molecule has 4 nitrogen and oxygen atoms in total. The summed E-state index contributed by atoms with van der Waals surface area (Å²) in [6.07, 6.45) is 5.15. The van der Waals surface area contributed by atoms with Crippen LogP contribution < -0.4 is 0 Å². The van der Waals surface area contributed by atoms with Crippen molar-refractivity contribution in [3.63, 3.8) is 0 Å². The van der Waals surface area contributed by atoms with Gasteiger partial charge in [-0.2, -0.15) is 0 Å². The zero-order valence-corrected chi connectivity index (χ0v) is 17.2. The van der Waals surface area contributed by atoms with E-state index < -0.39 is 0 Å². The fourth-order valence-corrected chi connectivity index (χ4v) is 5.16. The Morgan fingerprint density at radius 2 is 2.00 bits per heavy atom. The van der Waals surface area contributed by atoms with E-state index >= 15 is 0 Å². The highest BCUT2D eigenvalue weighted by Gasteiger charge is 2.23. The molecule has 0 aliphatic carbocycles. The lowest BCUT2D eigenvalue weighted by atomic mass is 9.96. The predicted octanol–water partition coefficient (Wildman–Crippen LogP) is 4.34. The van der Waals surface area contributed by atoms with Crippen molar-refractivity contribution in [1.82, 2.24) is 14.8 Å². The molecule has 5 heteroatoms. The summed E-state index contributed by atoms with van der Waals surface area (Å²) in [6.45, 7) is 6.52. The number of piperidine rings is 1. The minimum absolute atomic E-state index is 0.259. The largest absolute Gasteiger partial charge is 0.371 e. The molecule has 1 aromatic heterocycles. The summed E-state index contributed by atoms with van der Waals surface area (Å²) in [5.41, 5.74) is 2.63. The Morgan fingerprint density at radius 1 is 1.19 bits per heavy atom. The van der Waals surface area contributed by atoms with Crippen molar-refractivity contribution in [1.29, 1.82) is 0 Å². The normalized spacial score (nSPS) is 21.9. The monoisotopic (exact) mass is 385 g/mol. The van der Waals surface area contributed by atoms with E-state index in [2.05, 4.69) is 52.6 Å². The highest BCUT2D eigenvalue weighted by Crippen LogP contribution is 2.31. The van der Waals surface area contributed by atoms with Crippen LogP contribution >= 0.6 is 11.3 Å². The third kappa shape index (κ3) is 5.38. The summed E-state index contributed by atoms with van der Waals surface area (Å²) < 4.78 is 5.77. The summed E-state index contributed by atoms with van der Waals surface area (Å²) in [6, 6.07) is 10.8. The van der Waals surface area contributed by atoms with Crippen LogP contribution in [0.25, 0.3) is 0 Å². The molecular formula is C22H31N3OS. The molecule has 2 saturated heterocycles. The van der Waals surface area contributed by atoms with Gasteiger partial charge in [-0.05, 0) is 57.3 Å². The minimum Gasteiger partial charge on any atom is -0.371 e. The molecule has 0 radical (unpaired) electrons. The maximum Gasteiger partial charge on any atom is 0.122 e. The highest BCUT2D eigenvalue weighted by atomic mass is 32.1. The zero-order valence-electron chi connectivity index (χ0n) is 16.3. The number of aromatic nitrogens is 1. The van der Waals surface area contributed by atoms with Gasteiger partial charge in [-0.15, -0.1) is 11.3 Å². The third-order valence-corrected chi connectivity index (χ3v) is 6.72. The Labute approximate surface area is 167 Å². The molecule has 0 spiro atoms. The molecule has 146 valence electrons. The van der Waals surface area contributed by atoms with Crippen LogP contribution in [0.3, 0.4) is 0 Å². The second-order valence-corrected chi connectivity index (χ2v) is 8.97. The van der Waals surface area contributed by atoms with Crippen molar-refractivity contribution in [2.24, 2.45) is 5.92 Å². The highest BCUT2D eigenvalue weighted by molar-refractivity contribution is 7.09. The lowest BCUT2D eigenvalue weighted by Crippen LogP contribution is -2.37. The number of rotatable bonds is 7. The van der Waals surface area contributed by atoms with E-state index in [-0.39, 0.29) is 6.10 Å². The molecule has 2 aliphatic rings. The lowest BCUT2D eigenvalue weighted by molar-refractivity contribution is 0.111. The molecule has 0 N–H and O–H groups in total. The molecule has 0 bridgehead atoms. The fourth-order valence-electron chi connectivity index (χ4n) is 4.27. The zero-order chi connectivity index (χ0) is 18.5. The molecule has 1 unspecified atom stereocenters. The molecule has 1 atom stereocenters. The molecule has 3 heterocycles. The first-order chi connectivity index (χ1) is 13.3. The summed E-state index contributed by atoms with van der Waals surface area (Å²) in [7, 11) is 2.25. The summed E-state index contributed by atoms with van der Waals surface area (Å²) in [4.78, 5) is 9.89. The Morgan fingerprint density at radius 3 is 2.74 bits per heavy atom. The molecule has 2 aromatic rings. The first-order valence-corrected chi connectivity index (χ1v) is 11.1. The van der Waals surface area contributed by atoms with Crippen LogP contribution in [0.5, 0.6) is 0 Å². The maximum atomic E-state index is 5.77. The van der Waals surface area contributed by atoms with Gasteiger partial charge in [0, 0.05) is 31.6 Å². The van der Waals surface area contributed by atoms with Crippen molar-refractivity contribution in [2.45, 2.75) is 44.9 Å². The van der Waals surface area contributed by atoms with E-state index in [4.69, 9.17) is 9.72 Å². The predicted molar refractivity (Wildman–Crippen MR) is 111 cm³/mol. The Hall–Kier alpha value is -1.27. The van der Waals surface area contributed by atoms with Gasteiger partial charge in [-0.1, -0.05) is 30.3 Å². The van der Waals surface area contributed by atoms with Crippen molar-refractivity contribution < 1.29 is 4.74 Å². The van der Waals surface area contributed by atoms with Crippen molar-refractivity contribution in [3.8, 4) is 0 Å². The van der Waals surface area contributed by atoms with Gasteiger partial charge in [0.2, 0.25) is 0 Å². The van der Waals surface area contributed by atoms with E-state index in [9.17, 15) is 0 Å². The number of thiazole rings is 1. The van der Waals surface area contributed by atoms with Crippen LogP contribution in [0.4, 0.5) is 0 Å². The Bertz CT molecular complexity index is 691. The van der Waals surface area contributed by atoms with Gasteiger partial charge in [-0.3, -0.25) is 4.90 Å². The van der Waals surface area contributed by atoms with Gasteiger partial charge >= 0.3 is 0 Å². The van der Waals surface area contributed by atoms with Gasteiger partial charge in [0.05, 0.1) is 5.69 Å². The smallest absolute Gasteiger partial charge is 0.122 e. The van der Waals surface area contributed by atoms with Crippen LogP contribution in [-0.4, -0.2) is 48.1 Å². The molecule has 0 amide bonds. The van der Waals surface area contributed by atoms with E-state index in [0.717, 1.165) is 32.0 Å². The average Bonchev–Trinajstić information content (AvgIpc) is 3.36. The molecule has 4 rings (SSSR count).